The molecular formula is C12H21ClN2O. The number of carbonyl (C=O) groups excluding carboxylic acids is 1. The number of nitrogens with one attached hydrogen (secondary N) is 1. The second-order valence-corrected chi connectivity index (χ2v) is 5.80. The van der Waals surface area contributed by atoms with Crippen LogP contribution in [-0.2, 0) is 4.79 Å². The maximum absolute atomic E-state index is 11.7. The van der Waals surface area contributed by atoms with E-state index >= 15 is 0 Å². The van der Waals surface area contributed by atoms with E-state index in [1.807, 2.05) is 0 Å². The molecule has 0 spiro atoms. The van der Waals surface area contributed by atoms with Gasteiger partial charge in [-0.2, -0.15) is 0 Å². The molecule has 3 unspecified atom stereocenters. The Hall–Kier alpha value is -0.280. The zero-order chi connectivity index (χ0) is 10.5. The maximum atomic E-state index is 11.7. The third-order valence-corrected chi connectivity index (χ3v) is 4.65. The van der Waals surface area contributed by atoms with Gasteiger partial charge >= 0.3 is 0 Å². The Kier molecular flexibility index (Phi) is 3.19. The van der Waals surface area contributed by atoms with Crippen LogP contribution in [0, 0.1) is 17.8 Å². The molecule has 3 aliphatic carbocycles. The topological polar surface area (TPSA) is 55.1 Å². The summed E-state index contributed by atoms with van der Waals surface area (Å²) in [6.45, 7) is 0.874. The third-order valence-electron chi connectivity index (χ3n) is 4.65. The van der Waals surface area contributed by atoms with Gasteiger partial charge in [0.25, 0.3) is 0 Å². The molecule has 3 nitrogen and oxygen atoms in total. The van der Waals surface area contributed by atoms with Gasteiger partial charge in [0, 0.05) is 6.54 Å². The van der Waals surface area contributed by atoms with E-state index in [1.165, 1.54) is 25.7 Å². The molecule has 2 bridgehead atoms. The molecule has 4 heteroatoms. The van der Waals surface area contributed by atoms with Crippen molar-refractivity contribution in [1.82, 2.24) is 5.32 Å². The van der Waals surface area contributed by atoms with Crippen LogP contribution in [0.15, 0.2) is 0 Å². The molecule has 16 heavy (non-hydrogen) atoms. The van der Waals surface area contributed by atoms with E-state index < -0.39 is 5.54 Å². The zero-order valence-corrected chi connectivity index (χ0v) is 10.4. The molecule has 3 N–H and O–H groups in total. The summed E-state index contributed by atoms with van der Waals surface area (Å²) in [5.41, 5.74) is 5.35. The third kappa shape index (κ3) is 2.07. The van der Waals surface area contributed by atoms with Crippen molar-refractivity contribution in [3.8, 4) is 0 Å². The normalized spacial score (nSPS) is 37.9. The first-order chi connectivity index (χ1) is 7.17. The Balaban J connectivity index is 0.000000963. The van der Waals surface area contributed by atoms with Gasteiger partial charge in [0.2, 0.25) is 5.91 Å². The van der Waals surface area contributed by atoms with E-state index in [4.69, 9.17) is 5.73 Å². The predicted octanol–water partition coefficient (Wildman–Crippen LogP) is 1.45. The highest BCUT2D eigenvalue weighted by Crippen LogP contribution is 2.48. The fraction of sp³-hybridized carbons (Fsp3) is 0.917. The number of nitrogens with two attached hydrogens (primary N) is 1. The van der Waals surface area contributed by atoms with E-state index in [0.29, 0.717) is 0 Å². The van der Waals surface area contributed by atoms with Crippen molar-refractivity contribution in [2.24, 2.45) is 23.5 Å². The average Bonchev–Trinajstić information content (AvgIpc) is 2.72. The molecule has 0 aromatic carbocycles. The van der Waals surface area contributed by atoms with Crippen molar-refractivity contribution >= 4 is 18.3 Å². The Morgan fingerprint density at radius 1 is 1.31 bits per heavy atom. The smallest absolute Gasteiger partial charge is 0.240 e. The fourth-order valence-corrected chi connectivity index (χ4v) is 3.39. The molecule has 92 valence electrons. The van der Waals surface area contributed by atoms with Crippen molar-refractivity contribution in [3.05, 3.63) is 0 Å². The Labute approximate surface area is 103 Å². The van der Waals surface area contributed by atoms with E-state index in [9.17, 15) is 4.79 Å². The van der Waals surface area contributed by atoms with Crippen molar-refractivity contribution in [1.29, 1.82) is 0 Å². The molecule has 3 fully saturated rings. The lowest BCUT2D eigenvalue weighted by atomic mass is 9.89. The van der Waals surface area contributed by atoms with Gasteiger partial charge in [0.05, 0.1) is 5.54 Å². The number of rotatable bonds is 3. The number of carbonyl (C=O) groups is 1. The van der Waals surface area contributed by atoms with Crippen molar-refractivity contribution in [2.75, 3.05) is 6.54 Å². The Morgan fingerprint density at radius 3 is 2.56 bits per heavy atom. The second kappa shape index (κ2) is 4.19. The van der Waals surface area contributed by atoms with Crippen LogP contribution in [0.5, 0.6) is 0 Å². The van der Waals surface area contributed by atoms with Crippen molar-refractivity contribution < 1.29 is 4.79 Å². The average molecular weight is 245 g/mol. The van der Waals surface area contributed by atoms with Gasteiger partial charge in [-0.25, -0.2) is 0 Å². The quantitative estimate of drug-likeness (QED) is 0.790. The van der Waals surface area contributed by atoms with Crippen molar-refractivity contribution in [3.63, 3.8) is 0 Å². The first kappa shape index (κ1) is 12.2. The second-order valence-electron chi connectivity index (χ2n) is 5.80. The molecule has 0 saturated heterocycles. The van der Waals surface area contributed by atoms with Crippen LogP contribution in [-0.4, -0.2) is 18.0 Å². The van der Waals surface area contributed by atoms with Crippen LogP contribution >= 0.6 is 12.4 Å². The van der Waals surface area contributed by atoms with Crippen LogP contribution in [0.3, 0.4) is 0 Å². The Morgan fingerprint density at radius 2 is 2.06 bits per heavy atom. The summed E-state index contributed by atoms with van der Waals surface area (Å²) in [5.74, 6) is 2.69. The minimum absolute atomic E-state index is 0. The number of fused-ring (bicyclic) bond motifs is 2. The molecule has 3 aliphatic rings. The predicted molar refractivity (Wildman–Crippen MR) is 65.3 cm³/mol. The molecule has 3 saturated carbocycles. The molecule has 0 aliphatic heterocycles. The minimum atomic E-state index is -0.488. The first-order valence-corrected chi connectivity index (χ1v) is 6.24. The van der Waals surface area contributed by atoms with E-state index in [1.54, 1.807) is 0 Å². The van der Waals surface area contributed by atoms with Gasteiger partial charge in [-0.3, -0.25) is 4.79 Å². The minimum Gasteiger partial charge on any atom is -0.354 e. The van der Waals surface area contributed by atoms with Crippen LogP contribution < -0.4 is 11.1 Å². The van der Waals surface area contributed by atoms with Gasteiger partial charge in [0.1, 0.15) is 0 Å². The summed E-state index contributed by atoms with van der Waals surface area (Å²) in [7, 11) is 0. The number of hydrogen-bond acceptors (Lipinski definition) is 2. The van der Waals surface area contributed by atoms with Crippen LogP contribution in [0.25, 0.3) is 0 Å². The van der Waals surface area contributed by atoms with Gasteiger partial charge < -0.3 is 11.1 Å². The highest BCUT2D eigenvalue weighted by atomic mass is 35.5. The first-order valence-electron chi connectivity index (χ1n) is 6.24. The Bertz CT molecular complexity index is 291. The molecule has 0 radical (unpaired) electrons. The van der Waals surface area contributed by atoms with Gasteiger partial charge in [-0.05, 0) is 49.9 Å². The summed E-state index contributed by atoms with van der Waals surface area (Å²) in [4.78, 5) is 11.7. The highest BCUT2D eigenvalue weighted by Gasteiger charge is 2.46. The summed E-state index contributed by atoms with van der Waals surface area (Å²) in [5, 5.41) is 3.05. The molecule has 1 amide bonds. The van der Waals surface area contributed by atoms with E-state index in [-0.39, 0.29) is 18.3 Å². The molecule has 3 rings (SSSR count). The molecule has 3 atom stereocenters. The van der Waals surface area contributed by atoms with E-state index in [2.05, 4.69) is 5.32 Å². The standard InChI is InChI=1S/C12H20N2O.ClH/c13-12(3-4-12)11(15)14-7-10-6-8-1-2-9(10)5-8;/h8-10H,1-7,13H2,(H,14,15);1H. The van der Waals surface area contributed by atoms with Gasteiger partial charge in [-0.15, -0.1) is 12.4 Å². The zero-order valence-electron chi connectivity index (χ0n) is 9.58. The summed E-state index contributed by atoms with van der Waals surface area (Å²) in [6.07, 6.45) is 7.30. The van der Waals surface area contributed by atoms with E-state index in [0.717, 1.165) is 37.1 Å². The summed E-state index contributed by atoms with van der Waals surface area (Å²) < 4.78 is 0. The maximum Gasteiger partial charge on any atom is 0.240 e. The SMILES string of the molecule is Cl.NC1(C(=O)NCC2CC3CCC2C3)CC1. The largest absolute Gasteiger partial charge is 0.354 e. The lowest BCUT2D eigenvalue weighted by Gasteiger charge is -2.22. The fourth-order valence-electron chi connectivity index (χ4n) is 3.39. The number of amides is 1. The lowest BCUT2D eigenvalue weighted by Crippen LogP contribution is -2.44. The lowest BCUT2D eigenvalue weighted by molar-refractivity contribution is -0.123. The monoisotopic (exact) mass is 244 g/mol. The van der Waals surface area contributed by atoms with Crippen LogP contribution in [0.1, 0.15) is 38.5 Å². The number of halogens is 1. The highest BCUT2D eigenvalue weighted by molar-refractivity contribution is 5.88. The molecular weight excluding hydrogens is 224 g/mol. The molecule has 0 heterocycles. The van der Waals surface area contributed by atoms with Gasteiger partial charge in [-0.1, -0.05) is 6.42 Å². The van der Waals surface area contributed by atoms with Crippen LogP contribution in [0.4, 0.5) is 0 Å². The van der Waals surface area contributed by atoms with Crippen molar-refractivity contribution in [2.45, 2.75) is 44.1 Å². The summed E-state index contributed by atoms with van der Waals surface area (Å²) in [6, 6.07) is 0. The van der Waals surface area contributed by atoms with Crippen LogP contribution in [0.2, 0.25) is 0 Å². The summed E-state index contributed by atoms with van der Waals surface area (Å²) >= 11 is 0. The van der Waals surface area contributed by atoms with Gasteiger partial charge in [0.15, 0.2) is 0 Å². The number of hydrogen-bond donors (Lipinski definition) is 2. The molecule has 0 aromatic heterocycles. The molecule has 0 aromatic rings.